The van der Waals surface area contributed by atoms with E-state index >= 15 is 0 Å². The van der Waals surface area contributed by atoms with E-state index in [-0.39, 0.29) is 17.3 Å². The van der Waals surface area contributed by atoms with Gasteiger partial charge in [-0.3, -0.25) is 9.78 Å². The van der Waals surface area contributed by atoms with Crippen molar-refractivity contribution in [1.29, 1.82) is 0 Å². The highest BCUT2D eigenvalue weighted by atomic mass is 32.1. The minimum atomic E-state index is -0.580. The Bertz CT molecular complexity index is 1460. The number of carbonyl (C=O) groups is 1. The van der Waals surface area contributed by atoms with Crippen molar-refractivity contribution in [1.82, 2.24) is 19.9 Å². The smallest absolute Gasteiger partial charge is 0.267 e. The number of aromatic amines is 1. The molecule has 0 spiro atoms. The highest BCUT2D eigenvalue weighted by Crippen LogP contribution is 2.28. The monoisotopic (exact) mass is 447 g/mol. The number of rotatable bonds is 4. The van der Waals surface area contributed by atoms with E-state index in [1.807, 2.05) is 18.2 Å². The maximum Gasteiger partial charge on any atom is 0.267 e. The van der Waals surface area contributed by atoms with Crippen molar-refractivity contribution in [3.05, 3.63) is 83.0 Å². The number of amides is 1. The van der Waals surface area contributed by atoms with Crippen molar-refractivity contribution < 1.29 is 13.6 Å². The van der Waals surface area contributed by atoms with E-state index < -0.39 is 11.6 Å². The second-order valence-electron chi connectivity index (χ2n) is 7.04. The fourth-order valence-electron chi connectivity index (χ4n) is 3.29. The van der Waals surface area contributed by atoms with E-state index in [0.29, 0.717) is 38.0 Å². The normalized spacial score (nSPS) is 11.1. The number of hydrogen-bond donors (Lipinski definition) is 2. The SMILES string of the molecule is Cc1nc(-c2ccccn2)sc1C(=O)Nc1ccc2nc(-c3cc(F)ccc3F)[nH]c2c1. The summed E-state index contributed by atoms with van der Waals surface area (Å²) in [4.78, 5) is 29.4. The minimum absolute atomic E-state index is 0.0362. The van der Waals surface area contributed by atoms with Crippen molar-refractivity contribution in [3.8, 4) is 22.1 Å². The van der Waals surface area contributed by atoms with Crippen LogP contribution in [0.25, 0.3) is 33.1 Å². The molecule has 0 unspecified atom stereocenters. The first-order valence-electron chi connectivity index (χ1n) is 9.63. The van der Waals surface area contributed by atoms with Crippen molar-refractivity contribution in [2.24, 2.45) is 0 Å². The summed E-state index contributed by atoms with van der Waals surface area (Å²) in [5.74, 6) is -1.22. The van der Waals surface area contributed by atoms with Crippen LogP contribution in [0, 0.1) is 18.6 Å². The first kappa shape index (κ1) is 20.0. The van der Waals surface area contributed by atoms with Crippen molar-refractivity contribution >= 4 is 34.0 Å². The molecular formula is C23H15F2N5OS. The number of imidazole rings is 1. The third-order valence-corrected chi connectivity index (χ3v) is 5.99. The Kier molecular flexibility index (Phi) is 4.95. The van der Waals surface area contributed by atoms with E-state index in [1.165, 1.54) is 11.3 Å². The molecule has 3 aromatic heterocycles. The Morgan fingerprint density at radius 1 is 1.06 bits per heavy atom. The molecule has 0 fully saturated rings. The molecule has 9 heteroatoms. The molecule has 5 aromatic rings. The third-order valence-electron chi connectivity index (χ3n) is 4.81. The van der Waals surface area contributed by atoms with Gasteiger partial charge in [-0.25, -0.2) is 18.7 Å². The lowest BCUT2D eigenvalue weighted by Gasteiger charge is -2.03. The lowest BCUT2D eigenvalue weighted by Crippen LogP contribution is -2.11. The molecule has 0 bridgehead atoms. The molecule has 0 saturated carbocycles. The summed E-state index contributed by atoms with van der Waals surface area (Å²) in [6, 6.07) is 13.8. The molecule has 158 valence electrons. The van der Waals surface area contributed by atoms with Crippen LogP contribution >= 0.6 is 11.3 Å². The number of halogens is 2. The predicted molar refractivity (Wildman–Crippen MR) is 119 cm³/mol. The lowest BCUT2D eigenvalue weighted by molar-refractivity contribution is 0.103. The average Bonchev–Trinajstić information content (AvgIpc) is 3.39. The zero-order chi connectivity index (χ0) is 22.2. The zero-order valence-electron chi connectivity index (χ0n) is 16.7. The van der Waals surface area contributed by atoms with Crippen LogP contribution in [0.15, 0.2) is 60.8 Å². The number of carbonyl (C=O) groups excluding carboxylic acids is 1. The van der Waals surface area contributed by atoms with Gasteiger partial charge in [-0.1, -0.05) is 6.07 Å². The summed E-state index contributed by atoms with van der Waals surface area (Å²) < 4.78 is 27.6. The molecule has 32 heavy (non-hydrogen) atoms. The highest BCUT2D eigenvalue weighted by Gasteiger charge is 2.18. The molecule has 2 aromatic carbocycles. The fourth-order valence-corrected chi connectivity index (χ4v) is 4.23. The van der Waals surface area contributed by atoms with Crippen molar-refractivity contribution in [2.75, 3.05) is 5.32 Å². The summed E-state index contributed by atoms with van der Waals surface area (Å²) in [5, 5.41) is 3.52. The summed E-state index contributed by atoms with van der Waals surface area (Å²) in [6.45, 7) is 1.77. The number of fused-ring (bicyclic) bond motifs is 1. The van der Waals surface area contributed by atoms with Gasteiger partial charge >= 0.3 is 0 Å². The minimum Gasteiger partial charge on any atom is -0.338 e. The number of H-pyrrole nitrogens is 1. The van der Waals surface area contributed by atoms with Crippen LogP contribution in [-0.2, 0) is 0 Å². The number of anilines is 1. The number of benzene rings is 2. The molecule has 1 amide bonds. The Hall–Kier alpha value is -3.98. The van der Waals surface area contributed by atoms with Crippen LogP contribution in [-0.4, -0.2) is 25.8 Å². The molecule has 5 rings (SSSR count). The predicted octanol–water partition coefficient (Wildman–Crippen LogP) is 5.59. The van der Waals surface area contributed by atoms with Gasteiger partial charge in [0.1, 0.15) is 27.3 Å². The number of hydrogen-bond acceptors (Lipinski definition) is 5. The van der Waals surface area contributed by atoms with E-state index in [9.17, 15) is 13.6 Å². The molecule has 0 radical (unpaired) electrons. The number of thiazole rings is 1. The van der Waals surface area contributed by atoms with Crippen LogP contribution in [0.5, 0.6) is 0 Å². The number of nitrogens with one attached hydrogen (secondary N) is 2. The van der Waals surface area contributed by atoms with E-state index in [4.69, 9.17) is 0 Å². The number of pyridine rings is 1. The van der Waals surface area contributed by atoms with E-state index in [1.54, 1.807) is 31.3 Å². The molecule has 6 nitrogen and oxygen atoms in total. The summed E-state index contributed by atoms with van der Waals surface area (Å²) >= 11 is 1.26. The van der Waals surface area contributed by atoms with Gasteiger partial charge in [-0.05, 0) is 55.5 Å². The molecule has 0 atom stereocenters. The van der Waals surface area contributed by atoms with Crippen LogP contribution in [0.4, 0.5) is 14.5 Å². The first-order chi connectivity index (χ1) is 15.5. The molecular weight excluding hydrogens is 432 g/mol. The Balaban J connectivity index is 1.42. The molecule has 2 N–H and O–H groups in total. The van der Waals surface area contributed by atoms with Crippen LogP contribution in [0.2, 0.25) is 0 Å². The summed E-state index contributed by atoms with van der Waals surface area (Å²) in [5.41, 5.74) is 3.03. The van der Waals surface area contributed by atoms with Crippen LogP contribution in [0.3, 0.4) is 0 Å². The highest BCUT2D eigenvalue weighted by molar-refractivity contribution is 7.17. The number of nitrogens with zero attached hydrogens (tertiary/aromatic N) is 3. The van der Waals surface area contributed by atoms with Gasteiger partial charge in [0, 0.05) is 11.9 Å². The lowest BCUT2D eigenvalue weighted by atomic mass is 10.2. The average molecular weight is 447 g/mol. The van der Waals surface area contributed by atoms with Crippen molar-refractivity contribution in [3.63, 3.8) is 0 Å². The fraction of sp³-hybridized carbons (Fsp3) is 0.0435. The molecule has 3 heterocycles. The second kappa shape index (κ2) is 7.93. The standard InChI is InChI=1S/C23H15F2N5OS/c1-12-20(32-23(27-12)18-4-2-3-9-26-18)22(31)28-14-6-8-17-19(11-14)30-21(29-17)15-10-13(24)5-7-16(15)25/h2-11H,1H3,(H,28,31)(H,29,30). The quantitative estimate of drug-likeness (QED) is 0.376. The molecule has 0 saturated heterocycles. The zero-order valence-corrected chi connectivity index (χ0v) is 17.5. The van der Waals surface area contributed by atoms with Crippen molar-refractivity contribution in [2.45, 2.75) is 6.92 Å². The van der Waals surface area contributed by atoms with Gasteiger partial charge in [0.05, 0.1) is 28.0 Å². The first-order valence-corrected chi connectivity index (χ1v) is 10.4. The van der Waals surface area contributed by atoms with E-state index in [0.717, 1.165) is 18.2 Å². The maximum absolute atomic E-state index is 14.1. The van der Waals surface area contributed by atoms with Gasteiger partial charge in [-0.2, -0.15) is 0 Å². The summed E-state index contributed by atoms with van der Waals surface area (Å²) in [7, 11) is 0. The number of aryl methyl sites for hydroxylation is 1. The van der Waals surface area contributed by atoms with E-state index in [2.05, 4.69) is 25.3 Å². The molecule has 0 aliphatic heterocycles. The van der Waals surface area contributed by atoms with Crippen LogP contribution in [0.1, 0.15) is 15.4 Å². The maximum atomic E-state index is 14.1. The Morgan fingerprint density at radius 3 is 2.75 bits per heavy atom. The number of aromatic nitrogens is 4. The third kappa shape index (κ3) is 3.74. The Labute approximate surface area is 185 Å². The van der Waals surface area contributed by atoms with Gasteiger partial charge < -0.3 is 10.3 Å². The second-order valence-corrected chi connectivity index (χ2v) is 8.04. The topological polar surface area (TPSA) is 83.6 Å². The van der Waals surface area contributed by atoms with Gasteiger partial charge in [0.2, 0.25) is 0 Å². The molecule has 0 aliphatic rings. The summed E-state index contributed by atoms with van der Waals surface area (Å²) in [6.07, 6.45) is 1.68. The van der Waals surface area contributed by atoms with Gasteiger partial charge in [-0.15, -0.1) is 11.3 Å². The van der Waals surface area contributed by atoms with Gasteiger partial charge in [0.15, 0.2) is 0 Å². The largest absolute Gasteiger partial charge is 0.338 e. The van der Waals surface area contributed by atoms with Crippen LogP contribution < -0.4 is 5.32 Å². The molecule has 0 aliphatic carbocycles. The van der Waals surface area contributed by atoms with Gasteiger partial charge in [0.25, 0.3) is 5.91 Å². The Morgan fingerprint density at radius 2 is 1.94 bits per heavy atom.